The fraction of sp³-hybridized carbons (Fsp3) is 1.00. The molecule has 0 aliphatic carbocycles. The minimum atomic E-state index is -2.51. The Hall–Kier alpha value is 0.491. The SMILES string of the molecule is CCO[Si](CCC1CC[Si](C)(C)[Si](C)(C)O1)(OCC)OCC. The molecule has 1 rings (SSSR count). The largest absolute Gasteiger partial charge is 0.501 e. The maximum absolute atomic E-state index is 6.58. The molecule has 22 heavy (non-hydrogen) atoms. The van der Waals surface area contributed by atoms with Gasteiger partial charge in [-0.3, -0.25) is 0 Å². The number of hydrogen-bond acceptors (Lipinski definition) is 4. The molecule has 1 fully saturated rings. The highest BCUT2D eigenvalue weighted by Crippen LogP contribution is 2.35. The lowest BCUT2D eigenvalue weighted by atomic mass is 10.2. The van der Waals surface area contributed by atoms with Gasteiger partial charge in [-0.15, -0.1) is 0 Å². The zero-order chi connectivity index (χ0) is 16.9. The minimum Gasteiger partial charge on any atom is -0.417 e. The first-order valence-electron chi connectivity index (χ1n) is 8.81. The van der Waals surface area contributed by atoms with Crippen molar-refractivity contribution in [2.24, 2.45) is 0 Å². The van der Waals surface area contributed by atoms with E-state index >= 15 is 0 Å². The number of hydrogen-bond donors (Lipinski definition) is 0. The monoisotopic (exact) mass is 364 g/mol. The van der Waals surface area contributed by atoms with E-state index in [1.54, 1.807) is 0 Å². The summed E-state index contributed by atoms with van der Waals surface area (Å²) in [6, 6.07) is 2.27. The van der Waals surface area contributed by atoms with Gasteiger partial charge < -0.3 is 17.7 Å². The first kappa shape index (κ1) is 20.5. The highest BCUT2D eigenvalue weighted by atomic mass is 29.3. The van der Waals surface area contributed by atoms with E-state index in [-0.39, 0.29) is 0 Å². The Labute approximate surface area is 140 Å². The molecular formula is C15H36O4Si3. The Balaban J connectivity index is 2.65. The maximum Gasteiger partial charge on any atom is 0.501 e. The Morgan fingerprint density at radius 3 is 1.86 bits per heavy atom. The average molecular weight is 365 g/mol. The van der Waals surface area contributed by atoms with Gasteiger partial charge in [0, 0.05) is 32.0 Å². The van der Waals surface area contributed by atoms with Gasteiger partial charge >= 0.3 is 8.80 Å². The van der Waals surface area contributed by atoms with Gasteiger partial charge in [0.2, 0.25) is 0 Å². The van der Waals surface area contributed by atoms with Crippen molar-refractivity contribution in [3.05, 3.63) is 0 Å². The van der Waals surface area contributed by atoms with Crippen molar-refractivity contribution >= 4 is 24.2 Å². The number of rotatable bonds is 9. The molecule has 0 aromatic heterocycles. The van der Waals surface area contributed by atoms with Crippen LogP contribution < -0.4 is 0 Å². The lowest BCUT2D eigenvalue weighted by Crippen LogP contribution is -2.61. The highest BCUT2D eigenvalue weighted by molar-refractivity contribution is 7.38. The van der Waals surface area contributed by atoms with Crippen LogP contribution in [0.25, 0.3) is 0 Å². The maximum atomic E-state index is 6.58. The standard InChI is InChI=1S/C15H36O4Si3/c1-8-16-22(17-9-2,18-10-3)14-12-15-11-13-20(4,5)21(6,7)19-15/h15H,8-14H2,1-7H3. The third-order valence-corrected chi connectivity index (χ3v) is 24.7. The molecule has 1 aliphatic heterocycles. The Bertz CT molecular complexity index is 320. The molecule has 1 saturated heterocycles. The Morgan fingerprint density at radius 1 is 0.955 bits per heavy atom. The second-order valence-electron chi connectivity index (χ2n) is 7.19. The second kappa shape index (κ2) is 8.55. The van der Waals surface area contributed by atoms with Crippen LogP contribution in [-0.4, -0.2) is 50.2 Å². The van der Waals surface area contributed by atoms with E-state index < -0.39 is 24.2 Å². The van der Waals surface area contributed by atoms with Gasteiger partial charge in [-0.25, -0.2) is 0 Å². The summed E-state index contributed by atoms with van der Waals surface area (Å²) in [5.41, 5.74) is 0. The third kappa shape index (κ3) is 5.25. The van der Waals surface area contributed by atoms with Crippen molar-refractivity contribution in [3.63, 3.8) is 0 Å². The summed E-state index contributed by atoms with van der Waals surface area (Å²) in [7, 11) is -5.16. The lowest BCUT2D eigenvalue weighted by molar-refractivity contribution is 0.0659. The fourth-order valence-corrected chi connectivity index (χ4v) is 12.4. The van der Waals surface area contributed by atoms with Gasteiger partial charge in [0.15, 0.2) is 7.83 Å². The summed E-state index contributed by atoms with van der Waals surface area (Å²) in [6.45, 7) is 17.8. The van der Waals surface area contributed by atoms with Crippen molar-refractivity contribution in [1.29, 1.82) is 0 Å². The smallest absolute Gasteiger partial charge is 0.417 e. The van der Waals surface area contributed by atoms with Crippen LogP contribution in [-0.2, 0) is 17.7 Å². The van der Waals surface area contributed by atoms with Crippen molar-refractivity contribution in [1.82, 2.24) is 0 Å². The molecule has 0 amide bonds. The molecule has 0 radical (unpaired) electrons. The van der Waals surface area contributed by atoms with Crippen LogP contribution >= 0.6 is 0 Å². The van der Waals surface area contributed by atoms with Gasteiger partial charge in [0.1, 0.15) is 0 Å². The summed E-state index contributed by atoms with van der Waals surface area (Å²) in [5, 5.41) is 0. The van der Waals surface area contributed by atoms with Crippen LogP contribution in [0.5, 0.6) is 0 Å². The van der Waals surface area contributed by atoms with Crippen molar-refractivity contribution < 1.29 is 17.7 Å². The van der Waals surface area contributed by atoms with Crippen LogP contribution in [0, 0.1) is 0 Å². The second-order valence-corrected chi connectivity index (χ2v) is 25.1. The normalized spacial score (nSPS) is 24.4. The van der Waals surface area contributed by atoms with Crippen LogP contribution in [0.1, 0.15) is 33.6 Å². The van der Waals surface area contributed by atoms with Crippen molar-refractivity contribution in [2.75, 3.05) is 19.8 Å². The van der Waals surface area contributed by atoms with E-state index in [1.165, 1.54) is 12.5 Å². The molecule has 1 heterocycles. The summed E-state index contributed by atoms with van der Waals surface area (Å²) < 4.78 is 24.4. The molecule has 0 N–H and O–H groups in total. The Morgan fingerprint density at radius 2 is 1.45 bits per heavy atom. The molecule has 0 spiro atoms. The zero-order valence-electron chi connectivity index (χ0n) is 15.7. The molecule has 1 atom stereocenters. The van der Waals surface area contributed by atoms with Gasteiger partial charge in [-0.05, 0) is 46.7 Å². The summed E-state index contributed by atoms with van der Waals surface area (Å²) >= 11 is 0. The molecule has 0 bridgehead atoms. The van der Waals surface area contributed by atoms with Crippen LogP contribution in [0.15, 0.2) is 0 Å². The lowest BCUT2D eigenvalue weighted by Gasteiger charge is -2.46. The topological polar surface area (TPSA) is 36.9 Å². The predicted octanol–water partition coefficient (Wildman–Crippen LogP) is 4.21. The molecule has 7 heteroatoms. The van der Waals surface area contributed by atoms with Crippen LogP contribution in [0.4, 0.5) is 0 Å². The van der Waals surface area contributed by atoms with Gasteiger partial charge in [0.05, 0.1) is 7.59 Å². The van der Waals surface area contributed by atoms with Gasteiger partial charge in [0.25, 0.3) is 0 Å². The first-order chi connectivity index (χ1) is 10.2. The molecule has 1 aliphatic rings. The van der Waals surface area contributed by atoms with E-state index in [2.05, 4.69) is 26.2 Å². The van der Waals surface area contributed by atoms with Gasteiger partial charge in [-0.2, -0.15) is 0 Å². The molecule has 1 unspecified atom stereocenters. The molecule has 0 aromatic carbocycles. The molecule has 0 aromatic rings. The Kier molecular flexibility index (Phi) is 7.98. The minimum absolute atomic E-state index is 0.371. The third-order valence-electron chi connectivity index (χ3n) is 5.05. The molecule has 132 valence electrons. The molecular weight excluding hydrogens is 328 g/mol. The van der Waals surface area contributed by atoms with E-state index in [9.17, 15) is 0 Å². The van der Waals surface area contributed by atoms with Gasteiger partial charge in [-0.1, -0.05) is 19.1 Å². The van der Waals surface area contributed by atoms with Crippen molar-refractivity contribution in [3.8, 4) is 0 Å². The summed E-state index contributed by atoms with van der Waals surface area (Å²) in [5.74, 6) is 0. The highest BCUT2D eigenvalue weighted by Gasteiger charge is 2.48. The fourth-order valence-electron chi connectivity index (χ4n) is 3.00. The summed E-state index contributed by atoms with van der Waals surface area (Å²) in [6.07, 6.45) is 2.58. The van der Waals surface area contributed by atoms with E-state index in [0.29, 0.717) is 25.9 Å². The van der Waals surface area contributed by atoms with E-state index in [0.717, 1.165) is 12.5 Å². The summed E-state index contributed by atoms with van der Waals surface area (Å²) in [4.78, 5) is 0. The van der Waals surface area contributed by atoms with E-state index in [4.69, 9.17) is 17.7 Å². The quantitative estimate of drug-likeness (QED) is 0.574. The average Bonchev–Trinajstić information content (AvgIpc) is 2.41. The van der Waals surface area contributed by atoms with Crippen molar-refractivity contribution in [2.45, 2.75) is 78.0 Å². The predicted molar refractivity (Wildman–Crippen MR) is 99.3 cm³/mol. The molecule has 0 saturated carbocycles. The zero-order valence-corrected chi connectivity index (χ0v) is 18.7. The van der Waals surface area contributed by atoms with Crippen LogP contribution in [0.2, 0.25) is 38.3 Å². The van der Waals surface area contributed by atoms with Crippen LogP contribution in [0.3, 0.4) is 0 Å². The first-order valence-corrected chi connectivity index (χ1v) is 17.9. The van der Waals surface area contributed by atoms with E-state index in [1.807, 2.05) is 20.8 Å². The molecule has 4 nitrogen and oxygen atoms in total.